The maximum Gasteiger partial charge on any atom is 0.279 e. The Morgan fingerprint density at radius 3 is 2.34 bits per heavy atom. The molecule has 3 atom stereocenters. The van der Waals surface area contributed by atoms with Gasteiger partial charge in [0.1, 0.15) is 6.04 Å². The molecule has 1 saturated heterocycles. The molecule has 1 aliphatic heterocycles. The predicted molar refractivity (Wildman–Crippen MR) is 122 cm³/mol. The number of amides is 4. The standard InChI is InChI=1S/C24H31N3O4S/c1-14(2)12-18(27-23(30)16-9-6-7-10-17(16)24(27)31)21(28)25-26-22(29)20-13-15-8-4-3-5-11-19(15)32-20/h6-7,13-14,16-18H,3-5,8-12H2,1-2H3,(H,25,28)(H,26,29). The minimum absolute atomic E-state index is 0.0933. The molecule has 3 unspecified atom stereocenters. The second-order valence-corrected chi connectivity index (χ2v) is 10.5. The topological polar surface area (TPSA) is 95.6 Å². The Morgan fingerprint density at radius 2 is 1.69 bits per heavy atom. The molecule has 1 aromatic rings. The summed E-state index contributed by atoms with van der Waals surface area (Å²) in [6, 6.07) is 0.991. The number of imide groups is 1. The number of carbonyl (C=O) groups excluding carboxylic acids is 4. The van der Waals surface area contributed by atoms with Crippen LogP contribution in [0.15, 0.2) is 18.2 Å². The van der Waals surface area contributed by atoms with Crippen molar-refractivity contribution in [3.8, 4) is 0 Å². The molecule has 1 aromatic heterocycles. The zero-order valence-corrected chi connectivity index (χ0v) is 19.5. The third kappa shape index (κ3) is 4.51. The van der Waals surface area contributed by atoms with Crippen molar-refractivity contribution in [3.63, 3.8) is 0 Å². The van der Waals surface area contributed by atoms with Crippen molar-refractivity contribution in [2.24, 2.45) is 17.8 Å². The summed E-state index contributed by atoms with van der Waals surface area (Å²) >= 11 is 1.48. The van der Waals surface area contributed by atoms with Crippen molar-refractivity contribution in [3.05, 3.63) is 33.5 Å². The molecule has 172 valence electrons. The van der Waals surface area contributed by atoms with Gasteiger partial charge in [0, 0.05) is 4.88 Å². The van der Waals surface area contributed by atoms with Gasteiger partial charge in [-0.05, 0) is 62.5 Å². The average Bonchev–Trinajstić information content (AvgIpc) is 3.20. The first kappa shape index (κ1) is 22.7. The van der Waals surface area contributed by atoms with Crippen molar-refractivity contribution in [1.29, 1.82) is 0 Å². The molecule has 32 heavy (non-hydrogen) atoms. The minimum Gasteiger partial charge on any atom is -0.274 e. The van der Waals surface area contributed by atoms with Gasteiger partial charge in [0.25, 0.3) is 11.8 Å². The van der Waals surface area contributed by atoms with Crippen LogP contribution in [0.5, 0.6) is 0 Å². The van der Waals surface area contributed by atoms with Gasteiger partial charge in [-0.25, -0.2) is 0 Å². The van der Waals surface area contributed by atoms with Crippen molar-refractivity contribution >= 4 is 35.0 Å². The van der Waals surface area contributed by atoms with E-state index < -0.39 is 11.9 Å². The zero-order chi connectivity index (χ0) is 22.8. The Labute approximate surface area is 192 Å². The number of hydrogen-bond acceptors (Lipinski definition) is 5. The molecular weight excluding hydrogens is 426 g/mol. The summed E-state index contributed by atoms with van der Waals surface area (Å²) in [6.45, 7) is 3.88. The van der Waals surface area contributed by atoms with Crippen LogP contribution in [0.1, 0.15) is 72.5 Å². The minimum atomic E-state index is -0.930. The van der Waals surface area contributed by atoms with Crippen molar-refractivity contribution in [1.82, 2.24) is 15.8 Å². The van der Waals surface area contributed by atoms with Gasteiger partial charge < -0.3 is 0 Å². The van der Waals surface area contributed by atoms with Crippen LogP contribution in [0.3, 0.4) is 0 Å². The normalized spacial score (nSPS) is 23.5. The summed E-state index contributed by atoms with van der Waals surface area (Å²) in [5, 5.41) is 0. The highest BCUT2D eigenvalue weighted by molar-refractivity contribution is 7.14. The molecule has 1 fully saturated rings. The summed E-state index contributed by atoms with van der Waals surface area (Å²) in [7, 11) is 0. The Bertz CT molecular complexity index is 902. The number of nitrogens with zero attached hydrogens (tertiary/aromatic N) is 1. The number of hydrogen-bond donors (Lipinski definition) is 2. The van der Waals surface area contributed by atoms with Crippen molar-refractivity contribution in [2.75, 3.05) is 0 Å². The van der Waals surface area contributed by atoms with E-state index in [2.05, 4.69) is 10.9 Å². The molecule has 4 rings (SSSR count). The van der Waals surface area contributed by atoms with Crippen LogP contribution in [-0.4, -0.2) is 34.6 Å². The lowest BCUT2D eigenvalue weighted by Crippen LogP contribution is -2.54. The molecule has 0 spiro atoms. The maximum absolute atomic E-state index is 13.1. The SMILES string of the molecule is CC(C)CC(C(=O)NNC(=O)c1cc2c(s1)CCCCC2)N1C(=O)C2CC=CCC2C1=O. The number of aryl methyl sites for hydroxylation is 2. The molecule has 4 amide bonds. The van der Waals surface area contributed by atoms with Crippen LogP contribution in [0.2, 0.25) is 0 Å². The molecule has 0 saturated carbocycles. The monoisotopic (exact) mass is 457 g/mol. The Kier molecular flexibility index (Phi) is 6.79. The van der Waals surface area contributed by atoms with Gasteiger partial charge in [-0.2, -0.15) is 0 Å². The van der Waals surface area contributed by atoms with E-state index in [9.17, 15) is 19.2 Å². The quantitative estimate of drug-likeness (QED) is 0.307. The maximum atomic E-state index is 13.1. The zero-order valence-electron chi connectivity index (χ0n) is 18.7. The summed E-state index contributed by atoms with van der Waals surface area (Å²) in [4.78, 5) is 54.7. The number of carbonyl (C=O) groups is 4. The number of likely N-dealkylation sites (tertiary alicyclic amines) is 1. The fourth-order valence-electron chi connectivity index (χ4n) is 4.95. The van der Waals surface area contributed by atoms with Crippen molar-refractivity contribution < 1.29 is 19.2 Å². The van der Waals surface area contributed by atoms with Gasteiger partial charge in [0.15, 0.2) is 0 Å². The highest BCUT2D eigenvalue weighted by Gasteiger charge is 2.51. The van der Waals surface area contributed by atoms with E-state index in [1.165, 1.54) is 28.2 Å². The molecule has 3 aliphatic rings. The van der Waals surface area contributed by atoms with E-state index in [-0.39, 0.29) is 35.5 Å². The van der Waals surface area contributed by atoms with Crippen LogP contribution in [0, 0.1) is 17.8 Å². The molecule has 8 heteroatoms. The fraction of sp³-hybridized carbons (Fsp3) is 0.583. The Morgan fingerprint density at radius 1 is 1.03 bits per heavy atom. The van der Waals surface area contributed by atoms with Crippen molar-refractivity contribution in [2.45, 2.75) is 71.3 Å². The lowest BCUT2D eigenvalue weighted by molar-refractivity contribution is -0.148. The van der Waals surface area contributed by atoms with Gasteiger partial charge in [-0.3, -0.25) is 34.9 Å². The molecule has 0 radical (unpaired) electrons. The fourth-order valence-corrected chi connectivity index (χ4v) is 6.10. The third-order valence-electron chi connectivity index (χ3n) is 6.62. The van der Waals surface area contributed by atoms with E-state index in [1.54, 1.807) is 0 Å². The molecule has 2 aliphatic carbocycles. The first-order chi connectivity index (χ1) is 15.4. The number of thiophene rings is 1. The largest absolute Gasteiger partial charge is 0.279 e. The molecule has 2 heterocycles. The van der Waals surface area contributed by atoms with Crippen LogP contribution < -0.4 is 10.9 Å². The first-order valence-electron chi connectivity index (χ1n) is 11.6. The summed E-state index contributed by atoms with van der Waals surface area (Å²) in [5.41, 5.74) is 6.22. The number of fused-ring (bicyclic) bond motifs is 2. The van der Waals surface area contributed by atoms with E-state index >= 15 is 0 Å². The smallest absolute Gasteiger partial charge is 0.274 e. The summed E-state index contributed by atoms with van der Waals surface area (Å²) < 4.78 is 0. The van der Waals surface area contributed by atoms with E-state index in [0.29, 0.717) is 24.1 Å². The lowest BCUT2D eigenvalue weighted by atomic mass is 9.85. The number of rotatable bonds is 5. The lowest BCUT2D eigenvalue weighted by Gasteiger charge is -2.27. The van der Waals surface area contributed by atoms with Crippen LogP contribution >= 0.6 is 11.3 Å². The molecule has 7 nitrogen and oxygen atoms in total. The van der Waals surface area contributed by atoms with Crippen LogP contribution in [0.25, 0.3) is 0 Å². The van der Waals surface area contributed by atoms with Crippen LogP contribution in [0.4, 0.5) is 0 Å². The summed E-state index contributed by atoms with van der Waals surface area (Å²) in [5.74, 6) is -2.13. The Balaban J connectivity index is 1.44. The van der Waals surface area contributed by atoms with Gasteiger partial charge in [0.2, 0.25) is 11.8 Å². The van der Waals surface area contributed by atoms with E-state index in [4.69, 9.17) is 0 Å². The predicted octanol–water partition coefficient (Wildman–Crippen LogP) is 3.14. The summed E-state index contributed by atoms with van der Waals surface area (Å²) in [6.07, 6.45) is 10.7. The van der Waals surface area contributed by atoms with Gasteiger partial charge in [-0.1, -0.05) is 32.4 Å². The molecule has 0 aromatic carbocycles. The average molecular weight is 458 g/mol. The first-order valence-corrected chi connectivity index (χ1v) is 12.4. The van der Waals surface area contributed by atoms with Gasteiger partial charge >= 0.3 is 0 Å². The number of hydrazine groups is 1. The molecular formula is C24H31N3O4S. The van der Waals surface area contributed by atoms with Gasteiger partial charge in [-0.15, -0.1) is 11.3 Å². The van der Waals surface area contributed by atoms with E-state index in [0.717, 1.165) is 30.6 Å². The second kappa shape index (κ2) is 9.57. The second-order valence-electron chi connectivity index (χ2n) is 9.41. The molecule has 0 bridgehead atoms. The highest BCUT2D eigenvalue weighted by atomic mass is 32.1. The number of allylic oxidation sites excluding steroid dienone is 2. The van der Waals surface area contributed by atoms with Gasteiger partial charge in [0.05, 0.1) is 16.7 Å². The third-order valence-corrected chi connectivity index (χ3v) is 7.86. The Hall–Kier alpha value is -2.48. The number of nitrogens with one attached hydrogen (secondary N) is 2. The van der Waals surface area contributed by atoms with Crippen LogP contribution in [-0.2, 0) is 27.2 Å². The van der Waals surface area contributed by atoms with E-state index in [1.807, 2.05) is 32.1 Å². The highest BCUT2D eigenvalue weighted by Crippen LogP contribution is 2.37. The molecule has 2 N–H and O–H groups in total.